The Labute approximate surface area is 416 Å². The van der Waals surface area contributed by atoms with Crippen molar-refractivity contribution in [3.05, 3.63) is 48.6 Å². The molecule has 1 atom stereocenters. The second-order valence-electron chi connectivity index (χ2n) is 19.6. The van der Waals surface area contributed by atoms with E-state index < -0.39 is 6.10 Å². The molecule has 6 heteroatoms. The summed E-state index contributed by atoms with van der Waals surface area (Å²) < 4.78 is 16.8. The van der Waals surface area contributed by atoms with Gasteiger partial charge in [0, 0.05) is 19.3 Å². The topological polar surface area (TPSA) is 78.9 Å². The van der Waals surface area contributed by atoms with Crippen LogP contribution in [-0.2, 0) is 28.6 Å². The molecule has 0 aliphatic rings. The molecule has 0 aromatic carbocycles. The molecule has 0 aromatic rings. The van der Waals surface area contributed by atoms with E-state index in [0.29, 0.717) is 19.3 Å². The van der Waals surface area contributed by atoms with E-state index in [2.05, 4.69) is 69.4 Å². The van der Waals surface area contributed by atoms with E-state index in [-0.39, 0.29) is 31.1 Å². The Morgan fingerprint density at radius 1 is 0.299 bits per heavy atom. The SMILES string of the molecule is CCCC/C=C\CCCCCCCC(=O)OC[C@@H](COC(=O)CCCCCC/C=C\C/C=C\C/C=C\CCCCC)OC(=O)CCCCCCCCCCCCCCCCCCCCCCC. The van der Waals surface area contributed by atoms with Gasteiger partial charge >= 0.3 is 17.9 Å². The standard InChI is InChI=1S/C61H110O6/c1-4-7-10-13-16-19-22-24-26-28-29-30-31-33-35-37-40-43-46-49-52-55-61(64)67-58(56-65-59(62)53-50-47-44-41-38-21-18-15-12-9-6-3)57-66-60(63)54-51-48-45-42-39-36-34-32-27-25-23-20-17-14-11-8-5-2/h15,17-18,20,25,27,34,36,58H,4-14,16,19,21-24,26,28-33,35,37-57H2,1-3H3/b18-15-,20-17-,27-25-,36-34-/t58-/m0/s1. The summed E-state index contributed by atoms with van der Waals surface area (Å²) in [6.07, 6.45) is 68.2. The van der Waals surface area contributed by atoms with E-state index in [0.717, 1.165) is 89.9 Å². The molecule has 0 rings (SSSR count). The maximum atomic E-state index is 12.9. The average molecular weight is 940 g/mol. The van der Waals surface area contributed by atoms with Crippen LogP contribution in [-0.4, -0.2) is 37.2 Å². The summed E-state index contributed by atoms with van der Waals surface area (Å²) >= 11 is 0. The molecule has 0 saturated heterocycles. The smallest absolute Gasteiger partial charge is 0.306 e. The van der Waals surface area contributed by atoms with Gasteiger partial charge in [-0.3, -0.25) is 14.4 Å². The van der Waals surface area contributed by atoms with Crippen LogP contribution in [0.4, 0.5) is 0 Å². The van der Waals surface area contributed by atoms with Gasteiger partial charge in [0.05, 0.1) is 0 Å². The zero-order valence-electron chi connectivity index (χ0n) is 44.7. The fourth-order valence-corrected chi connectivity index (χ4v) is 8.37. The summed E-state index contributed by atoms with van der Waals surface area (Å²) in [5.74, 6) is -0.899. The number of ether oxygens (including phenoxy) is 3. The first-order chi connectivity index (χ1) is 33.0. The number of hydrogen-bond donors (Lipinski definition) is 0. The summed E-state index contributed by atoms with van der Waals surface area (Å²) in [5, 5.41) is 0. The van der Waals surface area contributed by atoms with Crippen LogP contribution in [0.15, 0.2) is 48.6 Å². The zero-order chi connectivity index (χ0) is 48.6. The van der Waals surface area contributed by atoms with Crippen LogP contribution in [0.25, 0.3) is 0 Å². The minimum Gasteiger partial charge on any atom is -0.462 e. The Morgan fingerprint density at radius 3 is 0.925 bits per heavy atom. The Hall–Kier alpha value is -2.63. The van der Waals surface area contributed by atoms with Crippen LogP contribution >= 0.6 is 0 Å². The average Bonchev–Trinajstić information content (AvgIpc) is 3.33. The van der Waals surface area contributed by atoms with Crippen LogP contribution in [0, 0.1) is 0 Å². The number of unbranched alkanes of at least 4 members (excludes halogenated alkanes) is 34. The highest BCUT2D eigenvalue weighted by molar-refractivity contribution is 5.71. The molecule has 0 unspecified atom stereocenters. The molecule has 0 heterocycles. The van der Waals surface area contributed by atoms with Crippen molar-refractivity contribution in [3.8, 4) is 0 Å². The third-order valence-corrected chi connectivity index (χ3v) is 12.8. The van der Waals surface area contributed by atoms with Crippen molar-refractivity contribution >= 4 is 17.9 Å². The molecule has 0 aromatic heterocycles. The van der Waals surface area contributed by atoms with Crippen molar-refractivity contribution in [2.75, 3.05) is 13.2 Å². The van der Waals surface area contributed by atoms with Gasteiger partial charge in [-0.1, -0.05) is 256 Å². The second kappa shape index (κ2) is 56.0. The maximum Gasteiger partial charge on any atom is 0.306 e. The number of rotatable bonds is 53. The lowest BCUT2D eigenvalue weighted by Crippen LogP contribution is -2.30. The highest BCUT2D eigenvalue weighted by Gasteiger charge is 2.19. The monoisotopic (exact) mass is 939 g/mol. The van der Waals surface area contributed by atoms with Crippen molar-refractivity contribution < 1.29 is 28.6 Å². The van der Waals surface area contributed by atoms with E-state index in [4.69, 9.17) is 14.2 Å². The number of allylic oxidation sites excluding steroid dienone is 8. The number of esters is 3. The van der Waals surface area contributed by atoms with E-state index >= 15 is 0 Å². The quantitative estimate of drug-likeness (QED) is 0.0262. The van der Waals surface area contributed by atoms with Crippen molar-refractivity contribution in [1.82, 2.24) is 0 Å². The minimum absolute atomic E-state index is 0.0823. The van der Waals surface area contributed by atoms with Gasteiger partial charge in [0.2, 0.25) is 0 Å². The van der Waals surface area contributed by atoms with E-state index in [9.17, 15) is 14.4 Å². The second-order valence-corrected chi connectivity index (χ2v) is 19.6. The summed E-state index contributed by atoms with van der Waals surface area (Å²) in [6.45, 7) is 6.58. The lowest BCUT2D eigenvalue weighted by Gasteiger charge is -2.18. The lowest BCUT2D eigenvalue weighted by atomic mass is 10.0. The predicted octanol–water partition coefficient (Wildman–Crippen LogP) is 19.4. The molecule has 0 radical (unpaired) electrons. The highest BCUT2D eigenvalue weighted by atomic mass is 16.6. The Balaban J connectivity index is 4.32. The fourth-order valence-electron chi connectivity index (χ4n) is 8.37. The molecule has 0 aliphatic heterocycles. The Bertz CT molecular complexity index is 1170. The van der Waals surface area contributed by atoms with Gasteiger partial charge in [-0.2, -0.15) is 0 Å². The molecule has 67 heavy (non-hydrogen) atoms. The molecular weight excluding hydrogens is 829 g/mol. The summed E-state index contributed by atoms with van der Waals surface area (Å²) in [6, 6.07) is 0. The third kappa shape index (κ3) is 54.2. The van der Waals surface area contributed by atoms with Crippen LogP contribution in [0.3, 0.4) is 0 Å². The molecule has 390 valence electrons. The maximum absolute atomic E-state index is 12.9. The largest absolute Gasteiger partial charge is 0.462 e. The van der Waals surface area contributed by atoms with E-state index in [1.54, 1.807) is 0 Å². The highest BCUT2D eigenvalue weighted by Crippen LogP contribution is 2.17. The molecule has 0 amide bonds. The molecule has 0 saturated carbocycles. The molecule has 0 spiro atoms. The zero-order valence-corrected chi connectivity index (χ0v) is 44.7. The van der Waals surface area contributed by atoms with E-state index in [1.165, 1.54) is 173 Å². The Kier molecular flexibility index (Phi) is 53.8. The van der Waals surface area contributed by atoms with Crippen molar-refractivity contribution in [2.45, 2.75) is 309 Å². The van der Waals surface area contributed by atoms with E-state index in [1.807, 2.05) is 0 Å². The first-order valence-electron chi connectivity index (χ1n) is 29.1. The van der Waals surface area contributed by atoms with Gasteiger partial charge < -0.3 is 14.2 Å². The van der Waals surface area contributed by atoms with Gasteiger partial charge in [0.1, 0.15) is 13.2 Å². The summed E-state index contributed by atoms with van der Waals surface area (Å²) in [4.78, 5) is 38.1. The molecule has 0 fully saturated rings. The molecular formula is C61H110O6. The summed E-state index contributed by atoms with van der Waals surface area (Å²) in [5.41, 5.74) is 0. The summed E-state index contributed by atoms with van der Waals surface area (Å²) in [7, 11) is 0. The molecule has 6 nitrogen and oxygen atoms in total. The molecule has 0 N–H and O–H groups in total. The van der Waals surface area contributed by atoms with Crippen molar-refractivity contribution in [1.29, 1.82) is 0 Å². The fraction of sp³-hybridized carbons (Fsp3) is 0.820. The van der Waals surface area contributed by atoms with Gasteiger partial charge in [-0.05, 0) is 77.0 Å². The first kappa shape index (κ1) is 64.4. The minimum atomic E-state index is -0.783. The van der Waals surface area contributed by atoms with Crippen molar-refractivity contribution in [3.63, 3.8) is 0 Å². The van der Waals surface area contributed by atoms with Crippen LogP contribution in [0.2, 0.25) is 0 Å². The van der Waals surface area contributed by atoms with Crippen LogP contribution in [0.5, 0.6) is 0 Å². The predicted molar refractivity (Wildman–Crippen MR) is 289 cm³/mol. The molecule has 0 bridgehead atoms. The van der Waals surface area contributed by atoms with Crippen LogP contribution in [0.1, 0.15) is 303 Å². The van der Waals surface area contributed by atoms with Crippen LogP contribution < -0.4 is 0 Å². The third-order valence-electron chi connectivity index (χ3n) is 12.8. The lowest BCUT2D eigenvalue weighted by molar-refractivity contribution is -0.167. The first-order valence-corrected chi connectivity index (χ1v) is 29.1. The number of carbonyl (C=O) groups excluding carboxylic acids is 3. The number of carbonyl (C=O) groups is 3. The molecule has 0 aliphatic carbocycles. The number of hydrogen-bond acceptors (Lipinski definition) is 6. The van der Waals surface area contributed by atoms with Gasteiger partial charge in [0.25, 0.3) is 0 Å². The normalized spacial score (nSPS) is 12.3. The van der Waals surface area contributed by atoms with Gasteiger partial charge in [-0.15, -0.1) is 0 Å². The Morgan fingerprint density at radius 2 is 0.552 bits per heavy atom. The van der Waals surface area contributed by atoms with Crippen molar-refractivity contribution in [2.24, 2.45) is 0 Å². The van der Waals surface area contributed by atoms with Gasteiger partial charge in [-0.25, -0.2) is 0 Å². The van der Waals surface area contributed by atoms with Gasteiger partial charge in [0.15, 0.2) is 6.10 Å².